The van der Waals surface area contributed by atoms with Crippen LogP contribution in [0.25, 0.3) is 0 Å². The second kappa shape index (κ2) is 5.47. The highest BCUT2D eigenvalue weighted by atomic mass is 16.5. The highest BCUT2D eigenvalue weighted by Crippen LogP contribution is 2.24. The van der Waals surface area contributed by atoms with Crippen LogP contribution in [0.3, 0.4) is 0 Å². The van der Waals surface area contributed by atoms with Gasteiger partial charge in [-0.15, -0.1) is 0 Å². The number of hydrogen-bond acceptors (Lipinski definition) is 3. The average molecular weight is 214 g/mol. The standard InChI is InChI=1S/C11H22N2O2/c1-4-9(2)12-5-10(14)13-6-11(3)7-15-8-11/h9,12H,4-8H2,1-3H3,(H,13,14). The summed E-state index contributed by atoms with van der Waals surface area (Å²) in [6.45, 7) is 8.94. The molecule has 4 heteroatoms. The van der Waals surface area contributed by atoms with Crippen molar-refractivity contribution in [3.8, 4) is 0 Å². The van der Waals surface area contributed by atoms with Gasteiger partial charge in [-0.1, -0.05) is 13.8 Å². The van der Waals surface area contributed by atoms with Crippen molar-refractivity contribution in [1.29, 1.82) is 0 Å². The molecule has 0 spiro atoms. The molecule has 88 valence electrons. The maximum atomic E-state index is 11.4. The molecule has 2 N–H and O–H groups in total. The van der Waals surface area contributed by atoms with E-state index in [-0.39, 0.29) is 11.3 Å². The molecule has 0 saturated carbocycles. The molecular formula is C11H22N2O2. The van der Waals surface area contributed by atoms with E-state index in [1.807, 2.05) is 0 Å². The van der Waals surface area contributed by atoms with Crippen LogP contribution in [-0.2, 0) is 9.53 Å². The molecule has 0 aromatic rings. The molecular weight excluding hydrogens is 192 g/mol. The first-order chi connectivity index (χ1) is 7.06. The van der Waals surface area contributed by atoms with E-state index < -0.39 is 0 Å². The summed E-state index contributed by atoms with van der Waals surface area (Å²) in [5.74, 6) is 0.0726. The summed E-state index contributed by atoms with van der Waals surface area (Å²) >= 11 is 0. The van der Waals surface area contributed by atoms with Crippen LogP contribution >= 0.6 is 0 Å². The molecule has 0 radical (unpaired) electrons. The second-order valence-electron chi connectivity index (χ2n) is 4.77. The van der Waals surface area contributed by atoms with Crippen LogP contribution in [0.4, 0.5) is 0 Å². The van der Waals surface area contributed by atoms with Gasteiger partial charge in [0.2, 0.25) is 5.91 Å². The lowest BCUT2D eigenvalue weighted by molar-refractivity contribution is -0.126. The van der Waals surface area contributed by atoms with Gasteiger partial charge in [-0.2, -0.15) is 0 Å². The largest absolute Gasteiger partial charge is 0.380 e. The van der Waals surface area contributed by atoms with E-state index in [0.29, 0.717) is 19.1 Å². The smallest absolute Gasteiger partial charge is 0.233 e. The molecule has 1 amide bonds. The van der Waals surface area contributed by atoms with Crippen molar-refractivity contribution < 1.29 is 9.53 Å². The Labute approximate surface area is 91.8 Å². The van der Waals surface area contributed by atoms with Crippen molar-refractivity contribution in [2.24, 2.45) is 5.41 Å². The SMILES string of the molecule is CCC(C)NCC(=O)NCC1(C)COC1. The lowest BCUT2D eigenvalue weighted by Crippen LogP contribution is -2.50. The molecule has 1 aliphatic heterocycles. The third kappa shape index (κ3) is 4.18. The summed E-state index contributed by atoms with van der Waals surface area (Å²) in [7, 11) is 0. The molecule has 1 heterocycles. The first kappa shape index (κ1) is 12.5. The maximum Gasteiger partial charge on any atom is 0.233 e. The van der Waals surface area contributed by atoms with Crippen LogP contribution in [0.1, 0.15) is 27.2 Å². The van der Waals surface area contributed by atoms with Crippen molar-refractivity contribution >= 4 is 5.91 Å². The molecule has 1 fully saturated rings. The topological polar surface area (TPSA) is 50.4 Å². The predicted octanol–water partition coefficient (Wildman–Crippen LogP) is 0.527. The molecule has 0 aromatic heterocycles. The van der Waals surface area contributed by atoms with E-state index >= 15 is 0 Å². The number of amides is 1. The van der Waals surface area contributed by atoms with Crippen molar-refractivity contribution in [1.82, 2.24) is 10.6 Å². The van der Waals surface area contributed by atoms with Gasteiger partial charge in [0.25, 0.3) is 0 Å². The number of carbonyl (C=O) groups is 1. The van der Waals surface area contributed by atoms with Gasteiger partial charge in [0.15, 0.2) is 0 Å². The number of carbonyl (C=O) groups excluding carboxylic acids is 1. The Morgan fingerprint density at radius 3 is 2.67 bits per heavy atom. The van der Waals surface area contributed by atoms with E-state index in [9.17, 15) is 4.79 Å². The minimum Gasteiger partial charge on any atom is -0.380 e. The van der Waals surface area contributed by atoms with Gasteiger partial charge in [0, 0.05) is 18.0 Å². The number of ether oxygens (including phenoxy) is 1. The van der Waals surface area contributed by atoms with Gasteiger partial charge in [-0.05, 0) is 13.3 Å². The van der Waals surface area contributed by atoms with E-state index in [1.165, 1.54) is 0 Å². The van der Waals surface area contributed by atoms with Crippen molar-refractivity contribution in [2.45, 2.75) is 33.2 Å². The highest BCUT2D eigenvalue weighted by Gasteiger charge is 2.33. The Bertz CT molecular complexity index is 215. The lowest BCUT2D eigenvalue weighted by atomic mass is 9.89. The number of hydrogen-bond donors (Lipinski definition) is 2. The zero-order valence-corrected chi connectivity index (χ0v) is 9.93. The molecule has 0 bridgehead atoms. The monoisotopic (exact) mass is 214 g/mol. The first-order valence-electron chi connectivity index (χ1n) is 5.63. The third-order valence-corrected chi connectivity index (χ3v) is 2.84. The Morgan fingerprint density at radius 1 is 1.53 bits per heavy atom. The summed E-state index contributed by atoms with van der Waals surface area (Å²) < 4.78 is 5.12. The predicted molar refractivity (Wildman–Crippen MR) is 59.7 cm³/mol. The molecule has 1 unspecified atom stereocenters. The summed E-state index contributed by atoms with van der Waals surface area (Å²) in [4.78, 5) is 11.4. The minimum absolute atomic E-state index is 0.0726. The van der Waals surface area contributed by atoms with Gasteiger partial charge in [-0.25, -0.2) is 0 Å². The second-order valence-corrected chi connectivity index (χ2v) is 4.77. The zero-order valence-electron chi connectivity index (χ0n) is 9.93. The minimum atomic E-state index is 0.0726. The maximum absolute atomic E-state index is 11.4. The van der Waals surface area contributed by atoms with Crippen molar-refractivity contribution in [2.75, 3.05) is 26.3 Å². The molecule has 0 aromatic carbocycles. The van der Waals surface area contributed by atoms with Crippen LogP contribution in [0, 0.1) is 5.41 Å². The molecule has 1 saturated heterocycles. The zero-order chi connectivity index (χ0) is 11.3. The van der Waals surface area contributed by atoms with Crippen LogP contribution < -0.4 is 10.6 Å². The summed E-state index contributed by atoms with van der Waals surface area (Å²) in [6.07, 6.45) is 1.04. The van der Waals surface area contributed by atoms with Crippen molar-refractivity contribution in [3.05, 3.63) is 0 Å². The van der Waals surface area contributed by atoms with Crippen LogP contribution in [0.5, 0.6) is 0 Å². The van der Waals surface area contributed by atoms with Crippen LogP contribution in [-0.4, -0.2) is 38.3 Å². The van der Waals surface area contributed by atoms with Gasteiger partial charge in [0.05, 0.1) is 19.8 Å². The Hall–Kier alpha value is -0.610. The normalized spacial score (nSPS) is 20.5. The van der Waals surface area contributed by atoms with E-state index in [2.05, 4.69) is 31.4 Å². The van der Waals surface area contributed by atoms with Crippen LogP contribution in [0.15, 0.2) is 0 Å². The van der Waals surface area contributed by atoms with Gasteiger partial charge < -0.3 is 15.4 Å². The van der Waals surface area contributed by atoms with E-state index in [1.54, 1.807) is 0 Å². The van der Waals surface area contributed by atoms with Gasteiger partial charge >= 0.3 is 0 Å². The molecule has 1 aliphatic rings. The third-order valence-electron chi connectivity index (χ3n) is 2.84. The van der Waals surface area contributed by atoms with Crippen LogP contribution in [0.2, 0.25) is 0 Å². The fourth-order valence-corrected chi connectivity index (χ4v) is 1.34. The lowest BCUT2D eigenvalue weighted by Gasteiger charge is -2.38. The van der Waals surface area contributed by atoms with Gasteiger partial charge in [-0.3, -0.25) is 4.79 Å². The summed E-state index contributed by atoms with van der Waals surface area (Å²) in [6, 6.07) is 0.401. The quantitative estimate of drug-likeness (QED) is 0.678. The fourth-order valence-electron chi connectivity index (χ4n) is 1.34. The Balaban J connectivity index is 2.08. The number of nitrogens with one attached hydrogen (secondary N) is 2. The average Bonchev–Trinajstić information content (AvgIpc) is 2.20. The molecule has 0 aliphatic carbocycles. The Kier molecular flexibility index (Phi) is 4.54. The molecule has 1 rings (SSSR count). The van der Waals surface area contributed by atoms with Gasteiger partial charge in [0.1, 0.15) is 0 Å². The van der Waals surface area contributed by atoms with Crippen molar-refractivity contribution in [3.63, 3.8) is 0 Å². The Morgan fingerprint density at radius 2 is 2.20 bits per heavy atom. The molecule has 1 atom stereocenters. The number of rotatable bonds is 6. The van der Waals surface area contributed by atoms with E-state index in [4.69, 9.17) is 4.74 Å². The highest BCUT2D eigenvalue weighted by molar-refractivity contribution is 5.78. The molecule has 15 heavy (non-hydrogen) atoms. The van der Waals surface area contributed by atoms with E-state index in [0.717, 1.165) is 19.6 Å². The summed E-state index contributed by atoms with van der Waals surface area (Å²) in [5, 5.41) is 6.08. The fraction of sp³-hybridized carbons (Fsp3) is 0.909. The molecule has 4 nitrogen and oxygen atoms in total. The first-order valence-corrected chi connectivity index (χ1v) is 5.63. The summed E-state index contributed by atoms with van der Waals surface area (Å²) in [5.41, 5.74) is 0.159.